The second kappa shape index (κ2) is 11.5. The molecule has 3 amide bonds. The van der Waals surface area contributed by atoms with Crippen molar-refractivity contribution in [3.05, 3.63) is 53.2 Å². The van der Waals surface area contributed by atoms with Crippen molar-refractivity contribution in [3.8, 4) is 0 Å². The molecule has 0 bridgehead atoms. The molecule has 3 aromatic rings. The number of ether oxygens (including phenoxy) is 1. The summed E-state index contributed by atoms with van der Waals surface area (Å²) in [6.45, 7) is 4.72. The smallest absolute Gasteiger partial charge is 0.407 e. The average Bonchev–Trinajstić information content (AvgIpc) is 3.60. The summed E-state index contributed by atoms with van der Waals surface area (Å²) in [6.07, 6.45) is 2.51. The molecule has 1 atom stereocenters. The van der Waals surface area contributed by atoms with Crippen LogP contribution in [0.4, 0.5) is 10.5 Å². The molecule has 178 valence electrons. The summed E-state index contributed by atoms with van der Waals surface area (Å²) in [5, 5.41) is 7.51. The van der Waals surface area contributed by atoms with Crippen LogP contribution in [0.2, 0.25) is 0 Å². The normalized spacial score (nSPS) is 15.3. The molecule has 1 saturated heterocycles. The first kappa shape index (κ1) is 24.2. The fourth-order valence-electron chi connectivity index (χ4n) is 3.57. The Labute approximate surface area is 209 Å². The highest BCUT2D eigenvalue weighted by atomic mass is 32.2. The number of rotatable bonds is 9. The quantitative estimate of drug-likeness (QED) is 0.245. The van der Waals surface area contributed by atoms with Crippen LogP contribution >= 0.6 is 34.4 Å². The maximum absolute atomic E-state index is 13.0. The minimum absolute atomic E-state index is 0.0873. The summed E-state index contributed by atoms with van der Waals surface area (Å²) < 4.78 is 6.70. The Balaban J connectivity index is 1.33. The molecule has 34 heavy (non-hydrogen) atoms. The van der Waals surface area contributed by atoms with Gasteiger partial charge in [-0.05, 0) is 42.5 Å². The van der Waals surface area contributed by atoms with Crippen molar-refractivity contribution in [3.63, 3.8) is 0 Å². The fraction of sp³-hybridized carbons (Fsp3) is 0.304. The number of hydrogen-bond acceptors (Lipinski definition) is 8. The summed E-state index contributed by atoms with van der Waals surface area (Å²) in [5.41, 5.74) is 1.53. The van der Waals surface area contributed by atoms with Gasteiger partial charge in [-0.25, -0.2) is 9.78 Å². The first-order valence-corrected chi connectivity index (χ1v) is 13.4. The van der Waals surface area contributed by atoms with E-state index in [9.17, 15) is 14.4 Å². The Bertz CT molecular complexity index is 1180. The zero-order chi connectivity index (χ0) is 23.9. The zero-order valence-electron chi connectivity index (χ0n) is 18.3. The Morgan fingerprint density at radius 1 is 1.32 bits per heavy atom. The van der Waals surface area contributed by atoms with Crippen molar-refractivity contribution >= 4 is 68.2 Å². The predicted octanol–water partition coefficient (Wildman–Crippen LogP) is 4.61. The molecule has 0 aliphatic carbocycles. The van der Waals surface area contributed by atoms with Crippen molar-refractivity contribution in [2.24, 2.45) is 0 Å². The van der Waals surface area contributed by atoms with E-state index in [0.717, 1.165) is 21.0 Å². The van der Waals surface area contributed by atoms with Gasteiger partial charge in [0.15, 0.2) is 4.34 Å². The van der Waals surface area contributed by atoms with Crippen molar-refractivity contribution in [2.75, 3.05) is 30.8 Å². The molecular formula is C23H24N4O4S3. The number of thiophene rings is 1. The van der Waals surface area contributed by atoms with Gasteiger partial charge in [-0.1, -0.05) is 30.5 Å². The number of fused-ring (bicyclic) bond motifs is 1. The largest absolute Gasteiger partial charge is 0.445 e. The average molecular weight is 517 g/mol. The highest BCUT2D eigenvalue weighted by Crippen LogP contribution is 2.31. The molecule has 1 aromatic carbocycles. The van der Waals surface area contributed by atoms with Crippen LogP contribution in [0, 0.1) is 0 Å². The Morgan fingerprint density at radius 3 is 3.00 bits per heavy atom. The molecular weight excluding hydrogens is 492 g/mol. The van der Waals surface area contributed by atoms with Crippen LogP contribution in [-0.4, -0.2) is 59.3 Å². The first-order valence-electron chi connectivity index (χ1n) is 10.8. The van der Waals surface area contributed by atoms with E-state index in [4.69, 9.17) is 4.74 Å². The van der Waals surface area contributed by atoms with Crippen molar-refractivity contribution in [1.29, 1.82) is 0 Å². The highest BCUT2D eigenvalue weighted by Gasteiger charge is 2.34. The summed E-state index contributed by atoms with van der Waals surface area (Å²) >= 11 is 4.46. The number of carbonyl (C=O) groups is 3. The van der Waals surface area contributed by atoms with Crippen molar-refractivity contribution in [1.82, 2.24) is 15.2 Å². The van der Waals surface area contributed by atoms with E-state index >= 15 is 0 Å². The Hall–Kier alpha value is -2.89. The lowest BCUT2D eigenvalue weighted by atomic mass is 10.2. The zero-order valence-corrected chi connectivity index (χ0v) is 20.8. The molecule has 0 spiro atoms. The number of carbonyl (C=O) groups excluding carboxylic acids is 3. The molecule has 2 N–H and O–H groups in total. The first-order chi connectivity index (χ1) is 16.5. The van der Waals surface area contributed by atoms with Crippen LogP contribution in [0.1, 0.15) is 22.5 Å². The van der Waals surface area contributed by atoms with Gasteiger partial charge in [-0.15, -0.1) is 22.7 Å². The maximum atomic E-state index is 13.0. The summed E-state index contributed by atoms with van der Waals surface area (Å²) in [5.74, 6) is 0.397. The minimum atomic E-state index is -0.469. The van der Waals surface area contributed by atoms with E-state index < -0.39 is 12.1 Å². The van der Waals surface area contributed by atoms with Gasteiger partial charge < -0.3 is 20.3 Å². The highest BCUT2D eigenvalue weighted by molar-refractivity contribution is 8.01. The second-order valence-electron chi connectivity index (χ2n) is 7.45. The molecule has 8 nitrogen and oxygen atoms in total. The molecule has 1 unspecified atom stereocenters. The predicted molar refractivity (Wildman–Crippen MR) is 137 cm³/mol. The number of amides is 3. The molecule has 2 aromatic heterocycles. The number of hydrogen-bond donors (Lipinski definition) is 2. The molecule has 0 saturated carbocycles. The molecule has 1 aliphatic heterocycles. The number of benzene rings is 1. The van der Waals surface area contributed by atoms with Crippen molar-refractivity contribution in [2.45, 2.75) is 23.2 Å². The van der Waals surface area contributed by atoms with Gasteiger partial charge in [0.2, 0.25) is 5.91 Å². The van der Waals surface area contributed by atoms with E-state index in [1.165, 1.54) is 28.7 Å². The Kier molecular flexibility index (Phi) is 8.20. The van der Waals surface area contributed by atoms with Gasteiger partial charge in [-0.3, -0.25) is 9.59 Å². The van der Waals surface area contributed by atoms with E-state index in [1.54, 1.807) is 22.7 Å². The third kappa shape index (κ3) is 5.96. The van der Waals surface area contributed by atoms with E-state index in [2.05, 4.69) is 22.2 Å². The van der Waals surface area contributed by atoms with E-state index in [1.807, 2.05) is 29.6 Å². The molecule has 11 heteroatoms. The van der Waals surface area contributed by atoms with Crippen LogP contribution < -0.4 is 10.6 Å². The van der Waals surface area contributed by atoms with E-state index in [0.29, 0.717) is 35.8 Å². The van der Waals surface area contributed by atoms with Crippen LogP contribution in [0.25, 0.3) is 10.2 Å². The lowest BCUT2D eigenvalue weighted by molar-refractivity contribution is -0.119. The van der Waals surface area contributed by atoms with Crippen LogP contribution in [0.3, 0.4) is 0 Å². The summed E-state index contributed by atoms with van der Waals surface area (Å²) in [4.78, 5) is 44.1. The third-order valence-electron chi connectivity index (χ3n) is 5.11. The molecule has 0 radical (unpaired) electrons. The van der Waals surface area contributed by atoms with Crippen molar-refractivity contribution < 1.29 is 19.1 Å². The summed E-state index contributed by atoms with van der Waals surface area (Å²) in [6, 6.07) is 8.77. The Morgan fingerprint density at radius 2 is 2.21 bits per heavy atom. The lowest BCUT2D eigenvalue weighted by Gasteiger charge is -2.23. The number of likely N-dealkylation sites (tertiary alicyclic amines) is 1. The number of alkyl carbamates (subject to hydrolysis) is 1. The number of aromatic nitrogens is 1. The van der Waals surface area contributed by atoms with Gasteiger partial charge in [0.1, 0.15) is 12.6 Å². The van der Waals surface area contributed by atoms with Gasteiger partial charge in [-0.2, -0.15) is 0 Å². The topological polar surface area (TPSA) is 101 Å². The van der Waals surface area contributed by atoms with Crippen LogP contribution in [-0.2, 0) is 9.53 Å². The van der Waals surface area contributed by atoms with Crippen LogP contribution in [0.5, 0.6) is 0 Å². The molecule has 1 aliphatic rings. The number of anilines is 1. The van der Waals surface area contributed by atoms with Gasteiger partial charge in [0, 0.05) is 24.5 Å². The minimum Gasteiger partial charge on any atom is -0.445 e. The van der Waals surface area contributed by atoms with E-state index in [-0.39, 0.29) is 18.4 Å². The number of thiazole rings is 1. The monoisotopic (exact) mass is 516 g/mol. The standard InChI is InChI=1S/C23H24N4O4S3/c1-2-11-31-22(30)24-9-13-33-23-26-16-8-7-15(14-19(16)34-23)25-20(28)17-5-3-10-27(17)21(29)18-6-4-12-32-18/h2,4,6-8,12,14,17H,1,3,5,9-11,13H2,(H,24,30)(H,25,28). The fourth-order valence-corrected chi connectivity index (χ4v) is 6.28. The third-order valence-corrected chi connectivity index (χ3v) is 8.13. The maximum Gasteiger partial charge on any atom is 0.407 e. The lowest BCUT2D eigenvalue weighted by Crippen LogP contribution is -2.42. The number of thioether (sulfide) groups is 1. The molecule has 3 heterocycles. The number of nitrogens with one attached hydrogen (secondary N) is 2. The van der Waals surface area contributed by atoms with Gasteiger partial charge in [0.25, 0.3) is 5.91 Å². The number of nitrogens with zero attached hydrogens (tertiary/aromatic N) is 2. The summed E-state index contributed by atoms with van der Waals surface area (Å²) in [7, 11) is 0. The second-order valence-corrected chi connectivity index (χ2v) is 10.8. The van der Waals surface area contributed by atoms with Gasteiger partial charge in [0.05, 0.1) is 15.1 Å². The molecule has 4 rings (SSSR count). The molecule has 1 fully saturated rings. The SMILES string of the molecule is C=CCOC(=O)NCCSc1nc2ccc(NC(=O)C3CCCN3C(=O)c3cccs3)cc2s1. The van der Waals surface area contributed by atoms with Crippen LogP contribution in [0.15, 0.2) is 52.7 Å². The van der Waals surface area contributed by atoms with Gasteiger partial charge >= 0.3 is 6.09 Å².